The van der Waals surface area contributed by atoms with Crippen molar-refractivity contribution in [1.82, 2.24) is 16.2 Å². The molecule has 1 fully saturated rings. The number of hydrazine groups is 1. The first-order valence-electron chi connectivity index (χ1n) is 6.72. The summed E-state index contributed by atoms with van der Waals surface area (Å²) in [5.41, 5.74) is 5.94. The third-order valence-electron chi connectivity index (χ3n) is 3.07. The van der Waals surface area contributed by atoms with E-state index in [1.807, 2.05) is 11.4 Å². The zero-order valence-electron chi connectivity index (χ0n) is 11.4. The minimum atomic E-state index is -0.179. The molecule has 5 nitrogen and oxygen atoms in total. The Morgan fingerprint density at radius 1 is 1.55 bits per heavy atom. The molecular weight excluding hydrogens is 294 g/mol. The molecule has 2 rings (SSSR count). The van der Waals surface area contributed by atoms with Gasteiger partial charge in [-0.1, -0.05) is 6.92 Å². The number of ether oxygens (including phenoxy) is 1. The van der Waals surface area contributed by atoms with Crippen molar-refractivity contribution in [2.75, 3.05) is 13.2 Å². The Bertz CT molecular complexity index is 470. The molecule has 1 amide bonds. The van der Waals surface area contributed by atoms with Crippen LogP contribution in [0.25, 0.3) is 0 Å². The van der Waals surface area contributed by atoms with E-state index in [1.165, 1.54) is 4.88 Å². The van der Waals surface area contributed by atoms with Gasteiger partial charge in [-0.3, -0.25) is 15.6 Å². The molecule has 0 radical (unpaired) electrons. The van der Waals surface area contributed by atoms with Crippen LogP contribution in [0.4, 0.5) is 0 Å². The van der Waals surface area contributed by atoms with Crippen LogP contribution in [0.15, 0.2) is 11.4 Å². The van der Waals surface area contributed by atoms with E-state index in [2.05, 4.69) is 23.1 Å². The normalized spacial score (nSPS) is 17.8. The highest BCUT2D eigenvalue weighted by Crippen LogP contribution is 2.14. The van der Waals surface area contributed by atoms with Crippen LogP contribution in [-0.4, -0.2) is 30.3 Å². The predicted octanol–water partition coefficient (Wildman–Crippen LogP) is 1.60. The molecule has 0 spiro atoms. The van der Waals surface area contributed by atoms with Crippen LogP contribution in [0.2, 0.25) is 0 Å². The Labute approximate surface area is 128 Å². The van der Waals surface area contributed by atoms with Crippen molar-refractivity contribution in [3.63, 3.8) is 0 Å². The van der Waals surface area contributed by atoms with Gasteiger partial charge < -0.3 is 10.1 Å². The lowest BCUT2D eigenvalue weighted by molar-refractivity contribution is 0.0943. The number of nitrogens with one attached hydrogen (secondary N) is 3. The summed E-state index contributed by atoms with van der Waals surface area (Å²) in [4.78, 5) is 13.0. The Kier molecular flexibility index (Phi) is 5.75. The lowest BCUT2D eigenvalue weighted by atomic mass is 10.2. The number of hydrogen-bond donors (Lipinski definition) is 3. The van der Waals surface area contributed by atoms with Crippen molar-refractivity contribution in [3.8, 4) is 0 Å². The highest BCUT2D eigenvalue weighted by molar-refractivity contribution is 7.80. The smallest absolute Gasteiger partial charge is 0.270 e. The molecular formula is C13H19N3O2S2. The van der Waals surface area contributed by atoms with Crippen LogP contribution in [0, 0.1) is 0 Å². The van der Waals surface area contributed by atoms with Gasteiger partial charge in [0.1, 0.15) is 0 Å². The van der Waals surface area contributed by atoms with E-state index >= 15 is 0 Å². The second-order valence-electron chi connectivity index (χ2n) is 4.58. The maximum Gasteiger partial charge on any atom is 0.270 e. The highest BCUT2D eigenvalue weighted by Gasteiger charge is 2.15. The quantitative estimate of drug-likeness (QED) is 0.582. The topological polar surface area (TPSA) is 62.4 Å². The lowest BCUT2D eigenvalue weighted by Gasteiger charge is -2.14. The van der Waals surface area contributed by atoms with Gasteiger partial charge in [0.25, 0.3) is 5.91 Å². The molecule has 0 saturated carbocycles. The molecule has 1 aromatic rings. The van der Waals surface area contributed by atoms with Gasteiger partial charge in [-0.25, -0.2) is 0 Å². The molecule has 1 atom stereocenters. The number of carbonyl (C=O) groups excluding carboxylic acids is 1. The maximum absolute atomic E-state index is 11.9. The molecule has 0 aliphatic carbocycles. The van der Waals surface area contributed by atoms with Gasteiger partial charge in [0, 0.05) is 23.4 Å². The van der Waals surface area contributed by atoms with Gasteiger partial charge in [-0.15, -0.1) is 11.3 Å². The zero-order chi connectivity index (χ0) is 14.4. The van der Waals surface area contributed by atoms with Gasteiger partial charge in [0.2, 0.25) is 0 Å². The summed E-state index contributed by atoms with van der Waals surface area (Å²) in [5.74, 6) is -0.179. The highest BCUT2D eigenvalue weighted by atomic mass is 32.1. The van der Waals surface area contributed by atoms with Crippen molar-refractivity contribution in [1.29, 1.82) is 0 Å². The minimum Gasteiger partial charge on any atom is -0.376 e. The molecule has 1 aliphatic rings. The van der Waals surface area contributed by atoms with Crippen LogP contribution in [0.1, 0.15) is 35.0 Å². The zero-order valence-corrected chi connectivity index (χ0v) is 13.0. The lowest BCUT2D eigenvalue weighted by Crippen LogP contribution is -2.48. The van der Waals surface area contributed by atoms with Crippen molar-refractivity contribution >= 4 is 34.6 Å². The molecule has 2 heterocycles. The second kappa shape index (κ2) is 7.56. The average Bonchev–Trinajstić information content (AvgIpc) is 3.12. The van der Waals surface area contributed by atoms with Crippen LogP contribution in [-0.2, 0) is 11.2 Å². The van der Waals surface area contributed by atoms with Gasteiger partial charge >= 0.3 is 0 Å². The molecule has 20 heavy (non-hydrogen) atoms. The van der Waals surface area contributed by atoms with E-state index in [9.17, 15) is 4.79 Å². The molecule has 7 heteroatoms. The van der Waals surface area contributed by atoms with Crippen molar-refractivity contribution in [3.05, 3.63) is 21.9 Å². The van der Waals surface area contributed by atoms with E-state index in [4.69, 9.17) is 17.0 Å². The van der Waals surface area contributed by atoms with E-state index < -0.39 is 0 Å². The number of rotatable bonds is 4. The summed E-state index contributed by atoms with van der Waals surface area (Å²) in [6, 6.07) is 1.89. The summed E-state index contributed by atoms with van der Waals surface area (Å²) in [5, 5.41) is 5.28. The fourth-order valence-electron chi connectivity index (χ4n) is 1.93. The third-order valence-corrected chi connectivity index (χ3v) is 4.40. The summed E-state index contributed by atoms with van der Waals surface area (Å²) in [7, 11) is 0. The van der Waals surface area contributed by atoms with E-state index in [0.29, 0.717) is 17.2 Å². The predicted molar refractivity (Wildman–Crippen MR) is 83.9 cm³/mol. The molecule has 1 saturated heterocycles. The van der Waals surface area contributed by atoms with Crippen LogP contribution < -0.4 is 16.2 Å². The van der Waals surface area contributed by atoms with E-state index in [0.717, 1.165) is 25.9 Å². The fourth-order valence-corrected chi connectivity index (χ4v) is 2.88. The number of hydrogen-bond acceptors (Lipinski definition) is 4. The summed E-state index contributed by atoms with van der Waals surface area (Å²) in [6.07, 6.45) is 3.30. The molecule has 0 unspecified atom stereocenters. The summed E-state index contributed by atoms with van der Waals surface area (Å²) in [6.45, 7) is 3.55. The van der Waals surface area contributed by atoms with Crippen molar-refractivity contribution in [2.24, 2.45) is 0 Å². The van der Waals surface area contributed by atoms with E-state index in [-0.39, 0.29) is 12.0 Å². The largest absolute Gasteiger partial charge is 0.376 e. The number of amides is 1. The Morgan fingerprint density at radius 2 is 2.40 bits per heavy atom. The average molecular weight is 313 g/mol. The van der Waals surface area contributed by atoms with Crippen molar-refractivity contribution in [2.45, 2.75) is 32.3 Å². The Hall–Kier alpha value is -1.18. The molecule has 3 N–H and O–H groups in total. The summed E-state index contributed by atoms with van der Waals surface area (Å²) >= 11 is 6.68. The second-order valence-corrected chi connectivity index (χ2v) is 5.98. The minimum absolute atomic E-state index is 0.179. The van der Waals surface area contributed by atoms with E-state index in [1.54, 1.807) is 11.3 Å². The van der Waals surface area contributed by atoms with Gasteiger partial charge in [0.05, 0.1) is 11.7 Å². The Balaban J connectivity index is 1.68. The third kappa shape index (κ3) is 4.43. The van der Waals surface area contributed by atoms with Crippen molar-refractivity contribution < 1.29 is 9.53 Å². The Morgan fingerprint density at radius 3 is 3.05 bits per heavy atom. The summed E-state index contributed by atoms with van der Waals surface area (Å²) < 4.78 is 5.48. The molecule has 0 bridgehead atoms. The van der Waals surface area contributed by atoms with Crippen LogP contribution in [0.5, 0.6) is 0 Å². The maximum atomic E-state index is 11.9. The number of carbonyl (C=O) groups is 1. The molecule has 110 valence electrons. The first kappa shape index (κ1) is 15.2. The fraction of sp³-hybridized carbons (Fsp3) is 0.538. The SMILES string of the molecule is CCc1cc(C(=O)NNC(=S)NC[C@@H]2CCCO2)cs1. The van der Waals surface area contributed by atoms with Crippen LogP contribution >= 0.6 is 23.6 Å². The van der Waals surface area contributed by atoms with Crippen LogP contribution in [0.3, 0.4) is 0 Å². The first-order valence-corrected chi connectivity index (χ1v) is 8.01. The van der Waals surface area contributed by atoms with Gasteiger partial charge in [0.15, 0.2) is 5.11 Å². The standard InChI is InChI=1S/C13H19N3O2S2/c1-2-11-6-9(8-20-11)12(17)15-16-13(19)14-7-10-4-3-5-18-10/h6,8,10H,2-5,7H2,1H3,(H,15,17)(H2,14,16,19)/t10-/m0/s1. The molecule has 0 aromatic carbocycles. The first-order chi connectivity index (χ1) is 9.69. The van der Waals surface area contributed by atoms with Gasteiger partial charge in [-0.05, 0) is 37.5 Å². The number of thiocarbonyl (C=S) groups is 1. The monoisotopic (exact) mass is 313 g/mol. The molecule has 1 aromatic heterocycles. The van der Waals surface area contributed by atoms with Gasteiger partial charge in [-0.2, -0.15) is 0 Å². The molecule has 1 aliphatic heterocycles. The number of aryl methyl sites for hydroxylation is 1. The number of thiophene rings is 1.